The highest BCUT2D eigenvalue weighted by atomic mass is 35.5. The van der Waals surface area contributed by atoms with Gasteiger partial charge in [-0.1, -0.05) is 11.6 Å². The molecule has 0 atom stereocenters. The minimum Gasteiger partial charge on any atom is -0.260 e. The molecule has 0 unspecified atom stereocenters. The Balaban J connectivity index is 1.99. The molecule has 1 aliphatic heterocycles. The number of quaternary nitrogens is 1. The van der Waals surface area contributed by atoms with Gasteiger partial charge < -0.3 is 0 Å². The average Bonchev–Trinajstić information content (AvgIpc) is 2.53. The number of hydrogen-bond acceptors (Lipinski definition) is 2. The monoisotopic (exact) mass is 320 g/mol. The Labute approximate surface area is 135 Å². The van der Waals surface area contributed by atoms with Gasteiger partial charge in [-0.15, -0.1) is 0 Å². The lowest BCUT2D eigenvalue weighted by molar-refractivity contribution is 0.271. The number of piperidine rings is 1. The van der Waals surface area contributed by atoms with Crippen molar-refractivity contribution in [2.24, 2.45) is 0 Å². The van der Waals surface area contributed by atoms with Gasteiger partial charge in [0.2, 0.25) is 0 Å². The van der Waals surface area contributed by atoms with Crippen LogP contribution in [0.15, 0.2) is 36.5 Å². The van der Waals surface area contributed by atoms with Crippen molar-refractivity contribution in [3.63, 3.8) is 0 Å². The lowest BCUT2D eigenvalue weighted by Crippen LogP contribution is -2.57. The number of nitrogens with one attached hydrogen (secondary N) is 1. The number of nitrogens with zero attached hydrogens (tertiary/aromatic N) is 2. The Morgan fingerprint density at radius 1 is 1.09 bits per heavy atom. The van der Waals surface area contributed by atoms with E-state index in [-0.39, 0.29) is 5.82 Å². The van der Waals surface area contributed by atoms with E-state index in [9.17, 15) is 4.39 Å². The normalized spacial score (nSPS) is 17.2. The van der Waals surface area contributed by atoms with Crippen molar-refractivity contribution >= 4 is 23.0 Å². The fourth-order valence-electron chi connectivity index (χ4n) is 3.08. The molecule has 116 valence electrons. The van der Waals surface area contributed by atoms with Crippen LogP contribution in [0.25, 0.3) is 0 Å². The summed E-state index contributed by atoms with van der Waals surface area (Å²) in [5, 5.41) is 0.646. The maximum Gasteiger partial charge on any atom is 0.157 e. The third kappa shape index (κ3) is 2.94. The molecule has 1 fully saturated rings. The van der Waals surface area contributed by atoms with E-state index in [1.165, 1.54) is 18.6 Å². The van der Waals surface area contributed by atoms with Gasteiger partial charge in [0.1, 0.15) is 24.6 Å². The average molecular weight is 321 g/mol. The van der Waals surface area contributed by atoms with Gasteiger partial charge in [-0.3, -0.25) is 4.98 Å². The van der Waals surface area contributed by atoms with E-state index in [0.717, 1.165) is 43.0 Å². The number of pyridine rings is 1. The number of anilines is 1. The predicted molar refractivity (Wildman–Crippen MR) is 89.4 cm³/mol. The van der Waals surface area contributed by atoms with Crippen LogP contribution < -0.4 is 10.0 Å². The summed E-state index contributed by atoms with van der Waals surface area (Å²) in [4.78, 5) is 4.21. The van der Waals surface area contributed by atoms with E-state index in [1.807, 2.05) is 25.1 Å². The van der Waals surface area contributed by atoms with Crippen LogP contribution in [0.5, 0.6) is 0 Å². The number of benzene rings is 1. The van der Waals surface area contributed by atoms with Crippen molar-refractivity contribution in [2.45, 2.75) is 26.2 Å². The number of aromatic nitrogens is 1. The fourth-order valence-corrected chi connectivity index (χ4v) is 3.23. The molecule has 22 heavy (non-hydrogen) atoms. The molecule has 0 radical (unpaired) electrons. The summed E-state index contributed by atoms with van der Waals surface area (Å²) in [6.07, 6.45) is 5.25. The number of halogens is 2. The molecule has 1 N–H and O–H groups in total. The van der Waals surface area contributed by atoms with Gasteiger partial charge in [0.05, 0.1) is 10.7 Å². The van der Waals surface area contributed by atoms with Crippen molar-refractivity contribution in [1.82, 2.24) is 9.58 Å². The van der Waals surface area contributed by atoms with Crippen molar-refractivity contribution in [1.29, 1.82) is 0 Å². The summed E-state index contributed by atoms with van der Waals surface area (Å²) in [6, 6.07) is 8.65. The minimum absolute atomic E-state index is 0.211. The summed E-state index contributed by atoms with van der Waals surface area (Å²) in [7, 11) is 0. The molecule has 2 heterocycles. The number of rotatable bonds is 3. The van der Waals surface area contributed by atoms with Crippen LogP contribution in [0.3, 0.4) is 0 Å². The Kier molecular flexibility index (Phi) is 4.32. The van der Waals surface area contributed by atoms with Crippen LogP contribution in [0.4, 0.5) is 15.8 Å². The predicted octanol–water partition coefficient (Wildman–Crippen LogP) is 4.70. The standard InChI is InChI=1S/C17H20ClFN3/c1-13-17(18)16(9-10-20-13)21-22(11-3-2-4-12-22)15-7-5-14(19)6-8-15/h5-10H,2-4,11-12H2,1H3,(H,20,21)/q+1. The zero-order valence-corrected chi connectivity index (χ0v) is 13.4. The van der Waals surface area contributed by atoms with Gasteiger partial charge >= 0.3 is 0 Å². The van der Waals surface area contributed by atoms with E-state index < -0.39 is 0 Å². The number of hydrogen-bond donors (Lipinski definition) is 1. The Hall–Kier alpha value is -1.65. The zero-order valence-electron chi connectivity index (χ0n) is 12.6. The van der Waals surface area contributed by atoms with Crippen molar-refractivity contribution in [3.8, 4) is 0 Å². The quantitative estimate of drug-likeness (QED) is 0.829. The first-order chi connectivity index (χ1) is 10.6. The molecule has 1 aromatic heterocycles. The molecule has 0 bridgehead atoms. The molecule has 1 aliphatic rings. The van der Waals surface area contributed by atoms with Gasteiger partial charge in [-0.05, 0) is 44.4 Å². The minimum atomic E-state index is -0.211. The molecule has 1 saturated heterocycles. The van der Waals surface area contributed by atoms with Gasteiger partial charge in [-0.25, -0.2) is 9.82 Å². The summed E-state index contributed by atoms with van der Waals surface area (Å²) < 4.78 is 13.9. The highest BCUT2D eigenvalue weighted by Crippen LogP contribution is 2.32. The van der Waals surface area contributed by atoms with Crippen LogP contribution in [-0.2, 0) is 0 Å². The third-order valence-corrected chi connectivity index (χ3v) is 4.78. The molecule has 0 saturated carbocycles. The topological polar surface area (TPSA) is 24.9 Å². The smallest absolute Gasteiger partial charge is 0.157 e. The van der Waals surface area contributed by atoms with Gasteiger partial charge in [0.25, 0.3) is 0 Å². The van der Waals surface area contributed by atoms with Crippen LogP contribution in [-0.4, -0.2) is 18.1 Å². The molecule has 5 heteroatoms. The number of aryl methyl sites for hydroxylation is 1. The highest BCUT2D eigenvalue weighted by Gasteiger charge is 2.34. The SMILES string of the molecule is Cc1nccc(N[N+]2(c3ccc(F)cc3)CCCCC2)c1Cl. The third-order valence-electron chi connectivity index (χ3n) is 4.30. The summed E-state index contributed by atoms with van der Waals surface area (Å²) in [5.74, 6) is -0.211. The molecule has 1 aromatic carbocycles. The molecular weight excluding hydrogens is 301 g/mol. The van der Waals surface area contributed by atoms with Crippen LogP contribution >= 0.6 is 11.6 Å². The van der Waals surface area contributed by atoms with Gasteiger partial charge in [-0.2, -0.15) is 4.59 Å². The fraction of sp³-hybridized carbons (Fsp3) is 0.353. The van der Waals surface area contributed by atoms with E-state index in [4.69, 9.17) is 11.6 Å². The largest absolute Gasteiger partial charge is 0.260 e. The second kappa shape index (κ2) is 6.23. The first-order valence-electron chi connectivity index (χ1n) is 7.63. The zero-order chi connectivity index (χ0) is 15.6. The molecule has 3 nitrogen and oxygen atoms in total. The first-order valence-corrected chi connectivity index (χ1v) is 8.01. The van der Waals surface area contributed by atoms with Crippen LogP contribution in [0.1, 0.15) is 25.0 Å². The van der Waals surface area contributed by atoms with Gasteiger partial charge in [0, 0.05) is 18.3 Å². The second-order valence-corrected chi connectivity index (χ2v) is 6.20. The summed E-state index contributed by atoms with van der Waals surface area (Å²) in [5.41, 5.74) is 6.33. The first kappa shape index (κ1) is 15.3. The molecule has 3 rings (SSSR count). The molecular formula is C17H20ClFN3+. The summed E-state index contributed by atoms with van der Waals surface area (Å²) >= 11 is 6.39. The van der Waals surface area contributed by atoms with Crippen molar-refractivity contribution in [3.05, 3.63) is 53.1 Å². The van der Waals surface area contributed by atoms with E-state index in [1.54, 1.807) is 6.20 Å². The van der Waals surface area contributed by atoms with Gasteiger partial charge in [0.15, 0.2) is 5.69 Å². The van der Waals surface area contributed by atoms with Crippen LogP contribution in [0.2, 0.25) is 5.02 Å². The van der Waals surface area contributed by atoms with Crippen LogP contribution in [0, 0.1) is 12.7 Å². The Bertz CT molecular complexity index is 651. The summed E-state index contributed by atoms with van der Waals surface area (Å²) in [6.45, 7) is 3.82. The lowest BCUT2D eigenvalue weighted by Gasteiger charge is -2.40. The van der Waals surface area contributed by atoms with Crippen molar-refractivity contribution < 1.29 is 4.39 Å². The Morgan fingerprint density at radius 2 is 1.77 bits per heavy atom. The Morgan fingerprint density at radius 3 is 2.45 bits per heavy atom. The highest BCUT2D eigenvalue weighted by molar-refractivity contribution is 6.33. The van der Waals surface area contributed by atoms with E-state index in [0.29, 0.717) is 9.61 Å². The molecule has 0 aliphatic carbocycles. The van der Waals surface area contributed by atoms with E-state index >= 15 is 0 Å². The second-order valence-electron chi connectivity index (χ2n) is 5.82. The maximum absolute atomic E-state index is 13.3. The van der Waals surface area contributed by atoms with E-state index in [2.05, 4.69) is 10.4 Å². The lowest BCUT2D eigenvalue weighted by atomic mass is 10.1. The molecule has 0 amide bonds. The maximum atomic E-state index is 13.3. The molecule has 0 spiro atoms. The van der Waals surface area contributed by atoms with Crippen molar-refractivity contribution in [2.75, 3.05) is 18.5 Å². The molecule has 2 aromatic rings.